The van der Waals surface area contributed by atoms with Crippen molar-refractivity contribution in [1.29, 1.82) is 0 Å². The summed E-state index contributed by atoms with van der Waals surface area (Å²) in [6.07, 6.45) is 0. The lowest BCUT2D eigenvalue weighted by atomic mass is 10.1. The minimum atomic E-state index is -3.94. The quantitative estimate of drug-likeness (QED) is 0.522. The van der Waals surface area contributed by atoms with Gasteiger partial charge in [0.25, 0.3) is 0 Å². The molecule has 1 aliphatic heterocycles. The van der Waals surface area contributed by atoms with Gasteiger partial charge in [0.1, 0.15) is 0 Å². The van der Waals surface area contributed by atoms with Gasteiger partial charge in [-0.1, -0.05) is 47.5 Å². The van der Waals surface area contributed by atoms with Gasteiger partial charge in [-0.3, -0.25) is 4.79 Å². The molecule has 1 heterocycles. The number of fused-ring (bicyclic) bond motifs is 1. The summed E-state index contributed by atoms with van der Waals surface area (Å²) in [5.41, 5.74) is 2.61. The largest absolute Gasteiger partial charge is 0.454 e. The molecule has 172 valence electrons. The van der Waals surface area contributed by atoms with Gasteiger partial charge in [-0.25, -0.2) is 8.42 Å². The Labute approximate surface area is 197 Å². The number of sulfonamides is 1. The van der Waals surface area contributed by atoms with Gasteiger partial charge in [0.2, 0.25) is 22.7 Å². The summed E-state index contributed by atoms with van der Waals surface area (Å²) in [6, 6.07) is 18.8. The van der Waals surface area contributed by atoms with Gasteiger partial charge in [-0.05, 0) is 54.4 Å². The number of nitrogens with zero attached hydrogens (tertiary/aromatic N) is 1. The van der Waals surface area contributed by atoms with E-state index in [0.717, 1.165) is 16.7 Å². The molecule has 0 spiro atoms. The Morgan fingerprint density at radius 1 is 1.00 bits per heavy atom. The van der Waals surface area contributed by atoms with Gasteiger partial charge in [0.15, 0.2) is 11.5 Å². The summed E-state index contributed by atoms with van der Waals surface area (Å²) in [5.74, 6) is 0.856. The number of ether oxygens (including phenoxy) is 2. The SMILES string of the molecule is Cc1cccc(CN(CC(=O)NCc2ccc3c(c2)OCO3)S(=O)(=O)c2ccc(Cl)cc2)c1. The van der Waals surface area contributed by atoms with Gasteiger partial charge in [0, 0.05) is 18.1 Å². The zero-order valence-electron chi connectivity index (χ0n) is 18.0. The number of aryl methyl sites for hydroxylation is 1. The van der Waals surface area contributed by atoms with Crippen molar-refractivity contribution in [3.8, 4) is 11.5 Å². The maximum absolute atomic E-state index is 13.3. The van der Waals surface area contributed by atoms with Crippen LogP contribution in [0, 0.1) is 6.92 Å². The third kappa shape index (κ3) is 5.65. The molecule has 1 amide bonds. The lowest BCUT2D eigenvalue weighted by Gasteiger charge is -2.22. The minimum absolute atomic E-state index is 0.0596. The highest BCUT2D eigenvalue weighted by atomic mass is 35.5. The predicted octanol–water partition coefficient (Wildman–Crippen LogP) is 3.88. The van der Waals surface area contributed by atoms with E-state index >= 15 is 0 Å². The van der Waals surface area contributed by atoms with Crippen LogP contribution in [0.4, 0.5) is 0 Å². The first-order chi connectivity index (χ1) is 15.8. The number of carbonyl (C=O) groups excluding carboxylic acids is 1. The number of amides is 1. The van der Waals surface area contributed by atoms with Crippen LogP contribution in [0.1, 0.15) is 16.7 Å². The molecule has 0 aliphatic carbocycles. The Kier molecular flexibility index (Phi) is 6.88. The second-order valence-electron chi connectivity index (χ2n) is 7.68. The van der Waals surface area contributed by atoms with Gasteiger partial charge < -0.3 is 14.8 Å². The maximum Gasteiger partial charge on any atom is 0.243 e. The lowest BCUT2D eigenvalue weighted by molar-refractivity contribution is -0.121. The molecule has 33 heavy (non-hydrogen) atoms. The number of hydrogen-bond donors (Lipinski definition) is 1. The van der Waals surface area contributed by atoms with Crippen molar-refractivity contribution < 1.29 is 22.7 Å². The summed E-state index contributed by atoms with van der Waals surface area (Å²) in [5, 5.41) is 3.22. The van der Waals surface area contributed by atoms with Crippen LogP contribution in [0.15, 0.2) is 71.6 Å². The van der Waals surface area contributed by atoms with Crippen molar-refractivity contribution in [2.24, 2.45) is 0 Å². The molecule has 0 atom stereocenters. The molecule has 1 aliphatic rings. The van der Waals surface area contributed by atoms with Gasteiger partial charge in [-0.2, -0.15) is 4.31 Å². The molecule has 0 aromatic heterocycles. The van der Waals surface area contributed by atoms with Crippen molar-refractivity contribution in [1.82, 2.24) is 9.62 Å². The number of nitrogens with one attached hydrogen (secondary N) is 1. The highest BCUT2D eigenvalue weighted by molar-refractivity contribution is 7.89. The first-order valence-electron chi connectivity index (χ1n) is 10.3. The van der Waals surface area contributed by atoms with Crippen molar-refractivity contribution in [2.45, 2.75) is 24.9 Å². The van der Waals surface area contributed by atoms with Crippen LogP contribution in [0.25, 0.3) is 0 Å². The molecule has 1 N–H and O–H groups in total. The number of benzene rings is 3. The minimum Gasteiger partial charge on any atom is -0.454 e. The molecule has 0 bridgehead atoms. The number of rotatable bonds is 8. The smallest absolute Gasteiger partial charge is 0.243 e. The molecule has 3 aromatic carbocycles. The van der Waals surface area contributed by atoms with Crippen LogP contribution in [0.3, 0.4) is 0 Å². The fraction of sp³-hybridized carbons (Fsp3) is 0.208. The second kappa shape index (κ2) is 9.82. The van der Waals surface area contributed by atoms with E-state index in [1.54, 1.807) is 12.1 Å². The fourth-order valence-electron chi connectivity index (χ4n) is 3.46. The van der Waals surface area contributed by atoms with Crippen molar-refractivity contribution >= 4 is 27.5 Å². The average Bonchev–Trinajstić information content (AvgIpc) is 3.25. The first-order valence-corrected chi connectivity index (χ1v) is 12.1. The van der Waals surface area contributed by atoms with E-state index in [4.69, 9.17) is 21.1 Å². The molecular formula is C24H23ClN2O5S. The van der Waals surface area contributed by atoms with E-state index in [-0.39, 0.29) is 31.3 Å². The van der Waals surface area contributed by atoms with Crippen LogP contribution >= 0.6 is 11.6 Å². The van der Waals surface area contributed by atoms with Crippen LogP contribution < -0.4 is 14.8 Å². The second-order valence-corrected chi connectivity index (χ2v) is 10.1. The normalized spacial score (nSPS) is 12.7. The maximum atomic E-state index is 13.3. The highest BCUT2D eigenvalue weighted by Gasteiger charge is 2.27. The molecular weight excluding hydrogens is 464 g/mol. The van der Waals surface area contributed by atoms with E-state index in [1.807, 2.05) is 37.3 Å². The van der Waals surface area contributed by atoms with E-state index < -0.39 is 15.9 Å². The third-order valence-corrected chi connectivity index (χ3v) is 7.20. The van der Waals surface area contributed by atoms with Gasteiger partial charge in [0.05, 0.1) is 11.4 Å². The number of halogens is 1. The topological polar surface area (TPSA) is 84.9 Å². The summed E-state index contributed by atoms with van der Waals surface area (Å²) in [6.45, 7) is 2.06. The molecule has 0 unspecified atom stereocenters. The average molecular weight is 487 g/mol. The third-order valence-electron chi connectivity index (χ3n) is 5.14. The molecule has 3 aromatic rings. The Balaban J connectivity index is 1.51. The monoisotopic (exact) mass is 486 g/mol. The molecule has 0 saturated carbocycles. The van der Waals surface area contributed by atoms with E-state index in [9.17, 15) is 13.2 Å². The summed E-state index contributed by atoms with van der Waals surface area (Å²) < 4.78 is 38.5. The van der Waals surface area contributed by atoms with Crippen LogP contribution in [-0.4, -0.2) is 32.0 Å². The van der Waals surface area contributed by atoms with Crippen LogP contribution in [0.2, 0.25) is 5.02 Å². The van der Waals surface area contributed by atoms with Crippen LogP contribution in [0.5, 0.6) is 11.5 Å². The van der Waals surface area contributed by atoms with Crippen molar-refractivity contribution in [3.63, 3.8) is 0 Å². The molecule has 0 saturated heterocycles. The van der Waals surface area contributed by atoms with E-state index in [2.05, 4.69) is 5.32 Å². The molecule has 9 heteroatoms. The lowest BCUT2D eigenvalue weighted by Crippen LogP contribution is -2.40. The zero-order chi connectivity index (χ0) is 23.4. The molecule has 7 nitrogen and oxygen atoms in total. The zero-order valence-corrected chi connectivity index (χ0v) is 19.5. The summed E-state index contributed by atoms with van der Waals surface area (Å²) in [4.78, 5) is 12.8. The molecule has 0 radical (unpaired) electrons. The van der Waals surface area contributed by atoms with E-state index in [0.29, 0.717) is 16.5 Å². The number of carbonyl (C=O) groups is 1. The Morgan fingerprint density at radius 3 is 2.52 bits per heavy atom. The Bertz CT molecular complexity index is 1260. The van der Waals surface area contributed by atoms with Gasteiger partial charge >= 0.3 is 0 Å². The summed E-state index contributed by atoms with van der Waals surface area (Å²) >= 11 is 5.92. The summed E-state index contributed by atoms with van der Waals surface area (Å²) in [7, 11) is -3.94. The molecule has 4 rings (SSSR count). The first kappa shape index (κ1) is 23.1. The fourth-order valence-corrected chi connectivity index (χ4v) is 4.97. The Morgan fingerprint density at radius 2 is 1.76 bits per heavy atom. The standard InChI is InChI=1S/C24H23ClN2O5S/c1-17-3-2-4-19(11-17)14-27(33(29,30)21-8-6-20(25)7-9-21)15-24(28)26-13-18-5-10-22-23(12-18)32-16-31-22/h2-12H,13-16H2,1H3,(H,26,28). The molecule has 0 fully saturated rings. The van der Waals surface area contributed by atoms with Crippen molar-refractivity contribution in [2.75, 3.05) is 13.3 Å². The predicted molar refractivity (Wildman–Crippen MR) is 125 cm³/mol. The Hall–Kier alpha value is -3.07. The van der Waals surface area contributed by atoms with Crippen LogP contribution in [-0.2, 0) is 27.9 Å². The van der Waals surface area contributed by atoms with Gasteiger partial charge in [-0.15, -0.1) is 0 Å². The van der Waals surface area contributed by atoms with Crippen molar-refractivity contribution in [3.05, 3.63) is 88.4 Å². The number of hydrogen-bond acceptors (Lipinski definition) is 5. The van der Waals surface area contributed by atoms with E-state index in [1.165, 1.54) is 28.6 Å². The highest BCUT2D eigenvalue weighted by Crippen LogP contribution is 2.32.